The van der Waals surface area contributed by atoms with Crippen LogP contribution in [-0.4, -0.2) is 56.9 Å². The van der Waals surface area contributed by atoms with Crippen molar-refractivity contribution in [1.29, 1.82) is 0 Å². The van der Waals surface area contributed by atoms with Crippen LogP contribution in [0.3, 0.4) is 0 Å². The number of aryl methyl sites for hydroxylation is 1. The smallest absolute Gasteiger partial charge is 0.410 e. The number of carbonyl (C=O) groups is 1. The number of piperidine rings is 2. The van der Waals surface area contributed by atoms with E-state index in [-0.39, 0.29) is 29.3 Å². The van der Waals surface area contributed by atoms with Crippen LogP contribution >= 0.6 is 0 Å². The number of hydrogen-bond donors (Lipinski definition) is 0. The zero-order valence-electron chi connectivity index (χ0n) is 18.0. The minimum absolute atomic E-state index is 0.000636. The van der Waals surface area contributed by atoms with Crippen molar-refractivity contribution >= 4 is 23.1 Å². The van der Waals surface area contributed by atoms with Crippen molar-refractivity contribution in [3.63, 3.8) is 0 Å². The lowest BCUT2D eigenvalue weighted by Crippen LogP contribution is -2.64. The Morgan fingerprint density at radius 1 is 1.21 bits per heavy atom. The molecule has 5 rings (SSSR count). The largest absolute Gasteiger partial charge is 0.450 e. The summed E-state index contributed by atoms with van der Waals surface area (Å²) in [7, 11) is 1.78. The van der Waals surface area contributed by atoms with E-state index >= 15 is 0 Å². The predicted octanol–water partition coefficient (Wildman–Crippen LogP) is 2.59. The Labute approximate surface area is 171 Å². The first-order valence-electron chi connectivity index (χ1n) is 10.5. The maximum Gasteiger partial charge on any atom is 0.410 e. The van der Waals surface area contributed by atoms with E-state index in [1.165, 1.54) is 0 Å². The molecule has 2 aromatic rings. The maximum absolute atomic E-state index is 12.8. The molecule has 0 aliphatic carbocycles. The summed E-state index contributed by atoms with van der Waals surface area (Å²) in [6, 6.07) is 4.39. The summed E-state index contributed by atoms with van der Waals surface area (Å²) in [5, 5.41) is 0. The fourth-order valence-corrected chi connectivity index (χ4v) is 4.59. The van der Waals surface area contributed by atoms with E-state index in [2.05, 4.69) is 25.7 Å². The molecular formula is C21H31N5O3. The summed E-state index contributed by atoms with van der Waals surface area (Å²) in [4.78, 5) is 34.0. The van der Waals surface area contributed by atoms with E-state index in [4.69, 9.17) is 9.72 Å². The molecule has 3 fully saturated rings. The van der Waals surface area contributed by atoms with Crippen LogP contribution < -0.4 is 10.6 Å². The van der Waals surface area contributed by atoms with Gasteiger partial charge in [-0.1, -0.05) is 20.8 Å². The molecular weight excluding hydrogens is 370 g/mol. The molecule has 0 aromatic carbocycles. The molecule has 8 nitrogen and oxygen atoms in total. The van der Waals surface area contributed by atoms with Crippen LogP contribution in [0.15, 0.2) is 16.9 Å². The van der Waals surface area contributed by atoms with Crippen LogP contribution in [0.2, 0.25) is 0 Å². The molecule has 2 unspecified atom stereocenters. The van der Waals surface area contributed by atoms with Crippen molar-refractivity contribution in [2.24, 2.45) is 12.5 Å². The van der Waals surface area contributed by atoms with E-state index in [0.29, 0.717) is 25.3 Å². The first-order valence-corrected chi connectivity index (χ1v) is 10.5. The lowest BCUT2D eigenvalue weighted by atomic mass is 9.91. The van der Waals surface area contributed by atoms with E-state index in [9.17, 15) is 9.59 Å². The summed E-state index contributed by atoms with van der Waals surface area (Å²) >= 11 is 0. The Morgan fingerprint density at radius 2 is 1.93 bits per heavy atom. The highest BCUT2D eigenvalue weighted by molar-refractivity contribution is 5.75. The number of imidazole rings is 1. The first-order chi connectivity index (χ1) is 13.7. The van der Waals surface area contributed by atoms with E-state index in [1.54, 1.807) is 11.6 Å². The molecule has 3 aliphatic rings. The fraction of sp³-hybridized carbons (Fsp3) is 0.667. The molecule has 2 aromatic heterocycles. The quantitative estimate of drug-likeness (QED) is 0.790. The van der Waals surface area contributed by atoms with Gasteiger partial charge in [0.1, 0.15) is 5.82 Å². The molecule has 8 heteroatoms. The number of carbonyl (C=O) groups excluding carboxylic acids is 1. The summed E-state index contributed by atoms with van der Waals surface area (Å²) in [6.45, 7) is 10.7. The predicted molar refractivity (Wildman–Crippen MR) is 112 cm³/mol. The summed E-state index contributed by atoms with van der Waals surface area (Å²) in [5.74, 6) is 0.874. The third-order valence-corrected chi connectivity index (χ3v) is 5.92. The molecule has 1 amide bonds. The van der Waals surface area contributed by atoms with Gasteiger partial charge in [0.15, 0.2) is 5.65 Å². The van der Waals surface area contributed by atoms with Crippen LogP contribution in [0.5, 0.6) is 0 Å². The second-order valence-corrected chi connectivity index (χ2v) is 9.39. The second kappa shape index (κ2) is 7.07. The Morgan fingerprint density at radius 3 is 2.55 bits per heavy atom. The van der Waals surface area contributed by atoms with Crippen molar-refractivity contribution in [2.45, 2.75) is 59.2 Å². The van der Waals surface area contributed by atoms with Gasteiger partial charge in [-0.25, -0.2) is 14.6 Å². The van der Waals surface area contributed by atoms with Gasteiger partial charge >= 0.3 is 11.8 Å². The molecule has 0 spiro atoms. The molecule has 0 radical (unpaired) electrons. The number of nitrogens with zero attached hydrogens (tertiary/aromatic N) is 5. The lowest BCUT2D eigenvalue weighted by molar-refractivity contribution is 0.0571. The summed E-state index contributed by atoms with van der Waals surface area (Å²) in [6.07, 6.45) is 1.80. The zero-order chi connectivity index (χ0) is 20.9. The number of anilines is 1. The molecule has 29 heavy (non-hydrogen) atoms. The van der Waals surface area contributed by atoms with Gasteiger partial charge in [-0.05, 0) is 37.3 Å². The Bertz CT molecular complexity index is 987. The van der Waals surface area contributed by atoms with Crippen molar-refractivity contribution in [3.05, 3.63) is 22.6 Å². The van der Waals surface area contributed by atoms with Crippen molar-refractivity contribution in [1.82, 2.24) is 19.0 Å². The topological polar surface area (TPSA) is 72.6 Å². The van der Waals surface area contributed by atoms with Gasteiger partial charge in [0.2, 0.25) is 0 Å². The monoisotopic (exact) mass is 401 g/mol. The minimum atomic E-state index is -0.216. The Hall–Kier alpha value is -2.51. The van der Waals surface area contributed by atoms with Gasteiger partial charge in [-0.3, -0.25) is 9.13 Å². The highest BCUT2D eigenvalue weighted by atomic mass is 16.6. The average molecular weight is 402 g/mol. The highest BCUT2D eigenvalue weighted by Crippen LogP contribution is 2.33. The molecule has 2 atom stereocenters. The van der Waals surface area contributed by atoms with E-state index < -0.39 is 0 Å². The number of ether oxygens (including phenoxy) is 1. The van der Waals surface area contributed by atoms with Crippen LogP contribution in [0, 0.1) is 5.41 Å². The van der Waals surface area contributed by atoms with Crippen molar-refractivity contribution in [3.8, 4) is 0 Å². The second-order valence-electron chi connectivity index (χ2n) is 9.39. The van der Waals surface area contributed by atoms with Crippen molar-refractivity contribution < 1.29 is 9.53 Å². The van der Waals surface area contributed by atoms with Gasteiger partial charge in [0.25, 0.3) is 0 Å². The number of aromatic nitrogens is 3. The zero-order valence-corrected chi connectivity index (χ0v) is 18.0. The molecule has 158 valence electrons. The first kappa shape index (κ1) is 19.8. The van der Waals surface area contributed by atoms with Crippen LogP contribution in [0.1, 0.15) is 40.5 Å². The van der Waals surface area contributed by atoms with Crippen LogP contribution in [0.25, 0.3) is 11.2 Å². The van der Waals surface area contributed by atoms with Crippen LogP contribution in [0.4, 0.5) is 10.6 Å². The molecule has 3 aliphatic heterocycles. The molecule has 3 saturated heterocycles. The summed E-state index contributed by atoms with van der Waals surface area (Å²) < 4.78 is 8.67. The van der Waals surface area contributed by atoms with Crippen molar-refractivity contribution in [2.75, 3.05) is 24.6 Å². The van der Waals surface area contributed by atoms with Gasteiger partial charge in [-0.2, -0.15) is 0 Å². The SMILES string of the molecule is CCOC(=O)N1CC2CCC1CN2c1ccc2c(n1)n(C)c(=O)n2CC(C)(C)C. The van der Waals surface area contributed by atoms with Gasteiger partial charge in [0.05, 0.1) is 18.2 Å². The minimum Gasteiger partial charge on any atom is -0.450 e. The van der Waals surface area contributed by atoms with E-state index in [0.717, 1.165) is 30.7 Å². The third-order valence-electron chi connectivity index (χ3n) is 5.92. The molecule has 0 saturated carbocycles. The lowest BCUT2D eigenvalue weighted by Gasteiger charge is -2.51. The molecule has 2 bridgehead atoms. The highest BCUT2D eigenvalue weighted by Gasteiger charge is 2.42. The normalized spacial score (nSPS) is 21.8. The number of rotatable bonds is 3. The Kier molecular flexibility index (Phi) is 4.83. The summed E-state index contributed by atoms with van der Waals surface area (Å²) in [5.41, 5.74) is 1.54. The third kappa shape index (κ3) is 3.49. The van der Waals surface area contributed by atoms with Gasteiger partial charge in [0, 0.05) is 32.7 Å². The standard InChI is InChI=1S/C21H31N5O3/c1-6-29-20(28)25-12-14-7-8-15(25)11-24(14)17-10-9-16-18(22-17)23(5)19(27)26(16)13-21(2,3)4/h9-10,14-15H,6-8,11-13H2,1-5H3. The van der Waals surface area contributed by atoms with Gasteiger partial charge < -0.3 is 14.5 Å². The average Bonchev–Trinajstić information content (AvgIpc) is 2.91. The van der Waals surface area contributed by atoms with E-state index in [1.807, 2.05) is 28.5 Å². The molecule has 5 heterocycles. The number of piperazine rings is 1. The van der Waals surface area contributed by atoms with Gasteiger partial charge in [-0.15, -0.1) is 0 Å². The number of hydrogen-bond acceptors (Lipinski definition) is 5. The maximum atomic E-state index is 12.8. The van der Waals surface area contributed by atoms with Crippen LogP contribution in [-0.2, 0) is 18.3 Å². The number of pyridine rings is 1. The fourth-order valence-electron chi connectivity index (χ4n) is 4.59. The molecule has 0 N–H and O–H groups in total. The number of amides is 1. The Balaban J connectivity index is 1.64. The number of fused-ring (bicyclic) bond motifs is 4.